The van der Waals surface area contributed by atoms with Gasteiger partial charge >= 0.3 is 0 Å². The van der Waals surface area contributed by atoms with E-state index in [1.165, 1.54) is 16.7 Å². The van der Waals surface area contributed by atoms with Crippen LogP contribution in [0.5, 0.6) is 5.75 Å². The van der Waals surface area contributed by atoms with Crippen molar-refractivity contribution in [2.24, 2.45) is 0 Å². The zero-order chi connectivity index (χ0) is 19.6. The molecule has 1 unspecified atom stereocenters. The van der Waals surface area contributed by atoms with Crippen LogP contribution in [0.3, 0.4) is 0 Å². The molecule has 0 bridgehead atoms. The lowest BCUT2D eigenvalue weighted by atomic mass is 9.92. The highest BCUT2D eigenvalue weighted by Crippen LogP contribution is 2.46. The minimum atomic E-state index is -2.30. The molecule has 0 spiro atoms. The maximum absolute atomic E-state index is 12.8. The van der Waals surface area contributed by atoms with Gasteiger partial charge in [0.05, 0.1) is 5.30 Å². The van der Waals surface area contributed by atoms with Crippen molar-refractivity contribution in [3.05, 3.63) is 119 Å². The summed E-state index contributed by atoms with van der Waals surface area (Å²) in [7, 11) is -2.30. The predicted molar refractivity (Wildman–Crippen MR) is 120 cm³/mol. The SMILES string of the molecule is O=[PH]1Oc2c(Cc3ccccc3)cc(Cc3ccccc3)cc2-c2ccccc21. The molecular weight excluding hydrogens is 375 g/mol. The van der Waals surface area contributed by atoms with Gasteiger partial charge in [-0.3, -0.25) is 4.57 Å². The van der Waals surface area contributed by atoms with Gasteiger partial charge < -0.3 is 4.52 Å². The zero-order valence-electron chi connectivity index (χ0n) is 16.0. The van der Waals surface area contributed by atoms with Crippen molar-refractivity contribution >= 4 is 13.3 Å². The largest absolute Gasteiger partial charge is 0.441 e. The van der Waals surface area contributed by atoms with Gasteiger partial charge in [0.2, 0.25) is 0 Å². The van der Waals surface area contributed by atoms with Gasteiger partial charge in [0, 0.05) is 12.0 Å². The van der Waals surface area contributed by atoms with E-state index in [9.17, 15) is 4.57 Å². The van der Waals surface area contributed by atoms with Gasteiger partial charge in [-0.15, -0.1) is 0 Å². The van der Waals surface area contributed by atoms with Gasteiger partial charge in [0.1, 0.15) is 5.75 Å². The highest BCUT2D eigenvalue weighted by molar-refractivity contribution is 7.49. The first-order valence-electron chi connectivity index (χ1n) is 9.83. The minimum Gasteiger partial charge on any atom is -0.441 e. The average molecular weight is 396 g/mol. The van der Waals surface area contributed by atoms with Crippen molar-refractivity contribution in [3.8, 4) is 16.9 Å². The van der Waals surface area contributed by atoms with Crippen molar-refractivity contribution in [2.45, 2.75) is 12.8 Å². The smallest absolute Gasteiger partial charge is 0.266 e. The van der Waals surface area contributed by atoms with Gasteiger partial charge in [-0.05, 0) is 46.4 Å². The molecule has 0 saturated heterocycles. The summed E-state index contributed by atoms with van der Waals surface area (Å²) in [5.41, 5.74) is 6.89. The molecule has 0 aliphatic carbocycles. The third-order valence-corrected chi connectivity index (χ3v) is 6.61. The third kappa shape index (κ3) is 3.64. The summed E-state index contributed by atoms with van der Waals surface area (Å²) in [6.45, 7) is 0. The van der Waals surface area contributed by atoms with Crippen LogP contribution in [-0.4, -0.2) is 0 Å². The van der Waals surface area contributed by atoms with Crippen LogP contribution in [0.15, 0.2) is 97.1 Å². The zero-order valence-corrected chi connectivity index (χ0v) is 17.0. The van der Waals surface area contributed by atoms with Crippen LogP contribution >= 0.6 is 8.03 Å². The van der Waals surface area contributed by atoms with E-state index in [4.69, 9.17) is 4.52 Å². The molecule has 1 heterocycles. The summed E-state index contributed by atoms with van der Waals surface area (Å²) in [4.78, 5) is 0. The molecule has 1 aliphatic rings. The summed E-state index contributed by atoms with van der Waals surface area (Å²) in [6, 6.07) is 33.2. The second-order valence-corrected chi connectivity index (χ2v) is 8.71. The first-order valence-corrected chi connectivity index (χ1v) is 11.1. The van der Waals surface area contributed by atoms with E-state index in [2.05, 4.69) is 66.7 Å². The van der Waals surface area contributed by atoms with Crippen LogP contribution in [0.4, 0.5) is 0 Å². The monoisotopic (exact) mass is 396 g/mol. The van der Waals surface area contributed by atoms with Crippen LogP contribution in [0, 0.1) is 0 Å². The Kier molecular flexibility index (Phi) is 4.79. The summed E-state index contributed by atoms with van der Waals surface area (Å²) in [5, 5.41) is 0.813. The van der Waals surface area contributed by atoms with Crippen molar-refractivity contribution in [3.63, 3.8) is 0 Å². The molecule has 0 N–H and O–H groups in total. The summed E-state index contributed by atoms with van der Waals surface area (Å²) in [6.07, 6.45) is 1.61. The van der Waals surface area contributed by atoms with Crippen molar-refractivity contribution in [1.82, 2.24) is 0 Å². The number of fused-ring (bicyclic) bond motifs is 3. The molecule has 0 radical (unpaired) electrons. The Morgan fingerprint density at radius 2 is 1.24 bits per heavy atom. The van der Waals surface area contributed by atoms with Crippen LogP contribution in [0.25, 0.3) is 11.1 Å². The number of benzene rings is 4. The van der Waals surface area contributed by atoms with E-state index in [-0.39, 0.29) is 0 Å². The Labute approximate surface area is 171 Å². The maximum atomic E-state index is 12.8. The Balaban J connectivity index is 1.65. The number of hydrogen-bond acceptors (Lipinski definition) is 2. The van der Waals surface area contributed by atoms with Crippen LogP contribution in [0.2, 0.25) is 0 Å². The Morgan fingerprint density at radius 1 is 0.621 bits per heavy atom. The summed E-state index contributed by atoms with van der Waals surface area (Å²) >= 11 is 0. The quantitative estimate of drug-likeness (QED) is 0.394. The molecule has 0 fully saturated rings. The lowest BCUT2D eigenvalue weighted by molar-refractivity contribution is 0.510. The molecule has 5 rings (SSSR count). The maximum Gasteiger partial charge on any atom is 0.266 e. The summed E-state index contributed by atoms with van der Waals surface area (Å²) in [5.74, 6) is 0.772. The van der Waals surface area contributed by atoms with Crippen LogP contribution in [-0.2, 0) is 17.4 Å². The lowest BCUT2D eigenvalue weighted by Gasteiger charge is -2.24. The second-order valence-electron chi connectivity index (χ2n) is 7.39. The molecule has 0 aromatic heterocycles. The predicted octanol–water partition coefficient (Wildman–Crippen LogP) is 6.03. The molecule has 1 atom stereocenters. The first kappa shape index (κ1) is 18.0. The molecular formula is C26H21O2P. The topological polar surface area (TPSA) is 26.3 Å². The van der Waals surface area contributed by atoms with E-state index in [1.807, 2.05) is 30.3 Å². The molecule has 0 amide bonds. The highest BCUT2D eigenvalue weighted by atomic mass is 31.1. The number of hydrogen-bond donors (Lipinski definition) is 0. The molecule has 142 valence electrons. The van der Waals surface area contributed by atoms with Gasteiger partial charge in [-0.25, -0.2) is 0 Å². The van der Waals surface area contributed by atoms with E-state index < -0.39 is 8.03 Å². The summed E-state index contributed by atoms with van der Waals surface area (Å²) < 4.78 is 18.8. The van der Waals surface area contributed by atoms with Crippen LogP contribution < -0.4 is 9.83 Å². The molecule has 3 heteroatoms. The minimum absolute atomic E-state index is 0.753. The van der Waals surface area contributed by atoms with Gasteiger partial charge in [0.15, 0.2) is 0 Å². The molecule has 2 nitrogen and oxygen atoms in total. The van der Waals surface area contributed by atoms with Gasteiger partial charge in [-0.1, -0.05) is 84.9 Å². The van der Waals surface area contributed by atoms with Crippen molar-refractivity contribution < 1.29 is 9.09 Å². The first-order chi connectivity index (χ1) is 14.3. The Bertz CT molecular complexity index is 1180. The molecule has 29 heavy (non-hydrogen) atoms. The third-order valence-electron chi connectivity index (χ3n) is 5.35. The molecule has 4 aromatic carbocycles. The number of rotatable bonds is 4. The normalized spacial score (nSPS) is 14.6. The lowest BCUT2D eigenvalue weighted by Crippen LogP contribution is -2.12. The fourth-order valence-corrected chi connectivity index (χ4v) is 5.21. The van der Waals surface area contributed by atoms with Crippen molar-refractivity contribution in [2.75, 3.05) is 0 Å². The van der Waals surface area contributed by atoms with Gasteiger partial charge in [-0.2, -0.15) is 0 Å². The van der Waals surface area contributed by atoms with Crippen molar-refractivity contribution in [1.29, 1.82) is 0 Å². The molecule has 0 saturated carbocycles. The highest BCUT2D eigenvalue weighted by Gasteiger charge is 2.25. The fourth-order valence-electron chi connectivity index (χ4n) is 4.00. The molecule has 4 aromatic rings. The average Bonchev–Trinajstić information content (AvgIpc) is 2.76. The Morgan fingerprint density at radius 3 is 1.97 bits per heavy atom. The van der Waals surface area contributed by atoms with Gasteiger partial charge in [0.25, 0.3) is 8.03 Å². The standard InChI is InChI=1S/C26H21O2P/c27-29-25-14-8-7-13-23(25)24-18-21(15-19-9-3-1-4-10-19)17-22(26(24)28-29)16-20-11-5-2-6-12-20/h1-14,17-18,29H,15-16H2. The van der Waals surface area contributed by atoms with E-state index >= 15 is 0 Å². The van der Waals surface area contributed by atoms with Crippen LogP contribution in [0.1, 0.15) is 22.3 Å². The molecule has 1 aliphatic heterocycles. The van der Waals surface area contributed by atoms with E-state index in [1.54, 1.807) is 0 Å². The second kappa shape index (κ2) is 7.73. The van der Waals surface area contributed by atoms with E-state index in [0.717, 1.165) is 40.6 Å². The Hall–Kier alpha value is -3.09. The van der Waals surface area contributed by atoms with E-state index in [0.29, 0.717) is 0 Å². The fraction of sp³-hybridized carbons (Fsp3) is 0.0769.